The minimum Gasteiger partial charge on any atom is -0.324 e. The molecule has 0 radical (unpaired) electrons. The van der Waals surface area contributed by atoms with Gasteiger partial charge in [0, 0.05) is 11.4 Å². The highest BCUT2D eigenvalue weighted by molar-refractivity contribution is 7.86. The molecule has 0 amide bonds. The first-order valence-corrected chi connectivity index (χ1v) is 25.8. The van der Waals surface area contributed by atoms with Crippen LogP contribution in [0, 0.1) is 13.8 Å². The van der Waals surface area contributed by atoms with Gasteiger partial charge in [0.1, 0.15) is 21.2 Å². The van der Waals surface area contributed by atoms with E-state index in [2.05, 4.69) is 67.1 Å². The van der Waals surface area contributed by atoms with Crippen molar-refractivity contribution in [3.8, 4) is 0 Å². The molecule has 0 saturated carbocycles. The number of azo groups is 3. The highest BCUT2D eigenvalue weighted by Gasteiger charge is 2.19. The van der Waals surface area contributed by atoms with E-state index in [1.165, 1.54) is 48.5 Å². The molecular formula is C41H34ClN13O12S4. The lowest BCUT2D eigenvalue weighted by Gasteiger charge is -2.12. The number of nitrogens with one attached hydrogen (secondary N) is 4. The molecule has 30 heteroatoms. The first kappa shape index (κ1) is 51.1. The maximum Gasteiger partial charge on any atom is 0.296 e. The third kappa shape index (κ3) is 13.7. The Morgan fingerprint density at radius 3 is 1.27 bits per heavy atom. The monoisotopic (exact) mass is 1060 g/mol. The number of anilines is 6. The molecule has 0 aliphatic heterocycles. The molecule has 8 N–H and O–H groups in total. The Morgan fingerprint density at radius 2 is 0.789 bits per heavy atom. The highest BCUT2D eigenvalue weighted by Crippen LogP contribution is 2.34. The number of halogens is 1. The Kier molecular flexibility index (Phi) is 14.9. The highest BCUT2D eigenvalue weighted by atomic mass is 35.5. The molecule has 25 nitrogen and oxygen atoms in total. The maximum atomic E-state index is 12.3. The molecule has 6 aromatic carbocycles. The summed E-state index contributed by atoms with van der Waals surface area (Å²) in [5.74, 6) is 0.102. The first-order valence-electron chi connectivity index (χ1n) is 19.7. The SMILES string of the molecule is Cc1cc(Nc2nc(Cl)nc(Nc3ccc(N=Nc4ccc(NNc5ccc(S(=O)(=O)O)cc5)cc4S(=O)(=O)O)c(C)c3)n2)ccc1N=Nc1ccc(N=Nc2ccc(S(=O)(=O)O)cc2)cc1S(=O)(=O)O. The van der Waals surface area contributed by atoms with Crippen LogP contribution in [0.1, 0.15) is 11.1 Å². The molecule has 0 unspecified atom stereocenters. The molecule has 0 aliphatic rings. The second-order valence-corrected chi connectivity index (χ2v) is 20.6. The van der Waals surface area contributed by atoms with Gasteiger partial charge in [0.25, 0.3) is 40.5 Å². The van der Waals surface area contributed by atoms with E-state index >= 15 is 0 Å². The van der Waals surface area contributed by atoms with Gasteiger partial charge in [0.15, 0.2) is 0 Å². The van der Waals surface area contributed by atoms with Gasteiger partial charge < -0.3 is 21.5 Å². The molecule has 71 heavy (non-hydrogen) atoms. The van der Waals surface area contributed by atoms with Crippen LogP contribution in [-0.2, 0) is 40.5 Å². The van der Waals surface area contributed by atoms with Crippen LogP contribution in [0.5, 0.6) is 0 Å². The van der Waals surface area contributed by atoms with Crippen molar-refractivity contribution in [1.82, 2.24) is 15.0 Å². The molecule has 366 valence electrons. The largest absolute Gasteiger partial charge is 0.324 e. The van der Waals surface area contributed by atoms with Gasteiger partial charge in [0.2, 0.25) is 17.2 Å². The zero-order chi connectivity index (χ0) is 51.3. The minimum absolute atomic E-state index is 0.00657. The molecule has 0 atom stereocenters. The van der Waals surface area contributed by atoms with Gasteiger partial charge in [-0.25, -0.2) is 0 Å². The lowest BCUT2D eigenvalue weighted by molar-refractivity contribution is 0.481. The van der Waals surface area contributed by atoms with E-state index in [1.807, 2.05) is 0 Å². The summed E-state index contributed by atoms with van der Waals surface area (Å²) in [5, 5.41) is 30.2. The average molecular weight is 1060 g/mol. The van der Waals surface area contributed by atoms with Crippen LogP contribution in [0.15, 0.2) is 172 Å². The Balaban J connectivity index is 0.998. The average Bonchev–Trinajstić information content (AvgIpc) is 3.29. The number of benzene rings is 6. The summed E-state index contributed by atoms with van der Waals surface area (Å²) in [6.45, 7) is 3.42. The maximum absolute atomic E-state index is 12.3. The molecule has 0 bridgehead atoms. The van der Waals surface area contributed by atoms with E-state index in [9.17, 15) is 42.8 Å². The number of hydrazine groups is 1. The van der Waals surface area contributed by atoms with Gasteiger partial charge >= 0.3 is 0 Å². The van der Waals surface area contributed by atoms with Crippen molar-refractivity contribution in [1.29, 1.82) is 0 Å². The molecule has 0 spiro atoms. The fourth-order valence-corrected chi connectivity index (χ4v) is 8.43. The van der Waals surface area contributed by atoms with Crippen LogP contribution < -0.4 is 21.5 Å². The summed E-state index contributed by atoms with van der Waals surface area (Å²) in [6.07, 6.45) is 0. The van der Waals surface area contributed by atoms with Crippen LogP contribution in [0.25, 0.3) is 0 Å². The van der Waals surface area contributed by atoms with Crippen molar-refractivity contribution in [2.45, 2.75) is 33.4 Å². The van der Waals surface area contributed by atoms with Crippen molar-refractivity contribution in [2.24, 2.45) is 30.7 Å². The van der Waals surface area contributed by atoms with Crippen LogP contribution in [0.4, 0.5) is 68.8 Å². The predicted octanol–water partition coefficient (Wildman–Crippen LogP) is 10.3. The Labute approximate surface area is 408 Å². The second kappa shape index (κ2) is 20.7. The van der Waals surface area contributed by atoms with Crippen LogP contribution >= 0.6 is 11.6 Å². The summed E-state index contributed by atoms with van der Waals surface area (Å²) < 4.78 is 133. The lowest BCUT2D eigenvalue weighted by Crippen LogP contribution is -2.10. The number of aryl methyl sites for hydroxylation is 2. The smallest absolute Gasteiger partial charge is 0.296 e. The standard InChI is InChI=1S/C41H34ClN13O12S4/c1-23-19-27(7-15-33(23)52-54-35-17-9-29(21-37(35)70(62,63)64)50-48-25-3-11-31(12-4-25)68(56,57)58)43-40-45-39(42)46-41(47-40)44-28-8-16-34(24(2)20-28)53-55-36-18-10-30(22-38(36)71(65,66)67)51-49-26-5-13-32(14-6-26)69(59,60)61/h3-22,48,50H,1-2H3,(H,56,57,58)(H,59,60,61)(H,62,63,64)(H,65,66,67)(H2,43,44,45,46,47). The third-order valence-electron chi connectivity index (χ3n) is 9.42. The zero-order valence-corrected chi connectivity index (χ0v) is 40.2. The zero-order valence-electron chi connectivity index (χ0n) is 36.1. The van der Waals surface area contributed by atoms with Crippen molar-refractivity contribution in [3.05, 3.63) is 138 Å². The van der Waals surface area contributed by atoms with Gasteiger partial charge in [-0.05, 0) is 158 Å². The van der Waals surface area contributed by atoms with Crippen molar-refractivity contribution < 1.29 is 51.9 Å². The minimum atomic E-state index is -4.82. The Morgan fingerprint density at radius 1 is 0.408 bits per heavy atom. The van der Waals surface area contributed by atoms with Crippen molar-refractivity contribution in [2.75, 3.05) is 21.5 Å². The normalized spacial score (nSPS) is 12.4. The summed E-state index contributed by atoms with van der Waals surface area (Å²) in [6, 6.07) is 27.0. The second-order valence-electron chi connectivity index (χ2n) is 14.6. The molecule has 0 aliphatic carbocycles. The molecule has 0 fully saturated rings. The number of rotatable bonds is 17. The lowest BCUT2D eigenvalue weighted by atomic mass is 10.2. The van der Waals surface area contributed by atoms with Crippen molar-refractivity contribution >= 4 is 121 Å². The van der Waals surface area contributed by atoms with Gasteiger partial charge in [-0.2, -0.15) is 69.1 Å². The first-order chi connectivity index (χ1) is 33.4. The molecule has 1 aromatic heterocycles. The van der Waals surface area contributed by atoms with Gasteiger partial charge in [-0.15, -0.1) is 10.2 Å². The molecule has 0 saturated heterocycles. The van der Waals surface area contributed by atoms with Crippen LogP contribution in [0.3, 0.4) is 0 Å². The number of nitrogens with zero attached hydrogens (tertiary/aromatic N) is 9. The molecule has 1 heterocycles. The quantitative estimate of drug-likeness (QED) is 0.0239. The van der Waals surface area contributed by atoms with E-state index in [0.29, 0.717) is 39.6 Å². The predicted molar refractivity (Wildman–Crippen MR) is 259 cm³/mol. The molecule has 7 rings (SSSR count). The molecular weight excluding hydrogens is 1030 g/mol. The summed E-state index contributed by atoms with van der Waals surface area (Å²) in [4.78, 5) is 10.8. The van der Waals surface area contributed by atoms with E-state index in [1.54, 1.807) is 50.2 Å². The van der Waals surface area contributed by atoms with E-state index < -0.39 is 50.3 Å². The van der Waals surface area contributed by atoms with Crippen LogP contribution in [0.2, 0.25) is 5.28 Å². The third-order valence-corrected chi connectivity index (χ3v) is 13.1. The fourth-order valence-electron chi connectivity index (χ4n) is 6.02. The molecule has 7 aromatic rings. The summed E-state index contributed by atoms with van der Waals surface area (Å²) >= 11 is 6.24. The van der Waals surface area contributed by atoms with E-state index in [0.717, 1.165) is 36.4 Å². The Hall–Kier alpha value is -7.74. The number of hydrogen-bond acceptors (Lipinski definition) is 21. The number of hydrogen-bond donors (Lipinski definition) is 8. The topological polar surface area (TPSA) is 378 Å². The summed E-state index contributed by atoms with van der Waals surface area (Å²) in [5.41, 5.74) is 8.63. The van der Waals surface area contributed by atoms with Crippen LogP contribution in [-0.4, -0.2) is 66.8 Å². The fraction of sp³-hybridized carbons (Fsp3) is 0.0488. The number of aromatic nitrogens is 3. The summed E-state index contributed by atoms with van der Waals surface area (Å²) in [7, 11) is -18.4. The van der Waals surface area contributed by atoms with E-state index in [-0.39, 0.29) is 55.4 Å². The van der Waals surface area contributed by atoms with Gasteiger partial charge in [-0.3, -0.25) is 18.2 Å². The Bertz CT molecular complexity index is 3760. The van der Waals surface area contributed by atoms with Gasteiger partial charge in [-0.1, -0.05) is 0 Å². The van der Waals surface area contributed by atoms with Gasteiger partial charge in [0.05, 0.1) is 43.9 Å². The van der Waals surface area contributed by atoms with Crippen molar-refractivity contribution in [3.63, 3.8) is 0 Å². The van der Waals surface area contributed by atoms with E-state index in [4.69, 9.17) is 20.7 Å².